The second kappa shape index (κ2) is 8.52. The van der Waals surface area contributed by atoms with Crippen LogP contribution in [-0.2, 0) is 10.0 Å². The number of nitrogens with one attached hydrogen (secondary N) is 2. The molecule has 10 heteroatoms. The van der Waals surface area contributed by atoms with Gasteiger partial charge in [-0.05, 0) is 36.4 Å². The molecular formula is C21H19N3O6S. The average molecular weight is 441 g/mol. The van der Waals surface area contributed by atoms with Gasteiger partial charge in [-0.25, -0.2) is 8.42 Å². The van der Waals surface area contributed by atoms with Crippen molar-refractivity contribution in [1.82, 2.24) is 0 Å². The molecule has 0 amide bonds. The molecule has 0 unspecified atom stereocenters. The molecular weight excluding hydrogens is 422 g/mol. The van der Waals surface area contributed by atoms with Gasteiger partial charge in [-0.3, -0.25) is 14.8 Å². The topological polar surface area (TPSA) is 120 Å². The van der Waals surface area contributed by atoms with Crippen LogP contribution < -0.4 is 19.5 Å². The molecule has 1 aliphatic rings. The number of hydrogen-bond donors (Lipinski definition) is 2. The van der Waals surface area contributed by atoms with Gasteiger partial charge in [0.25, 0.3) is 15.7 Å². The van der Waals surface area contributed by atoms with E-state index in [2.05, 4.69) is 10.0 Å². The first kappa shape index (κ1) is 20.5. The molecule has 3 aromatic rings. The number of benzene rings is 3. The highest BCUT2D eigenvalue weighted by Crippen LogP contribution is 2.32. The average Bonchev–Trinajstić information content (AvgIpc) is 2.77. The zero-order chi connectivity index (χ0) is 21.8. The van der Waals surface area contributed by atoms with Crippen molar-refractivity contribution < 1.29 is 22.8 Å². The Morgan fingerprint density at radius 2 is 1.71 bits per heavy atom. The second-order valence-electron chi connectivity index (χ2n) is 6.79. The molecule has 0 bridgehead atoms. The number of nitro benzene ring substituents is 1. The molecule has 0 saturated carbocycles. The lowest BCUT2D eigenvalue weighted by Crippen LogP contribution is -2.35. The molecule has 0 fully saturated rings. The first-order valence-corrected chi connectivity index (χ1v) is 10.9. The Morgan fingerprint density at radius 1 is 1.00 bits per heavy atom. The summed E-state index contributed by atoms with van der Waals surface area (Å²) in [5, 5.41) is 14.5. The van der Waals surface area contributed by atoms with Crippen LogP contribution in [0.3, 0.4) is 0 Å². The summed E-state index contributed by atoms with van der Waals surface area (Å²) in [4.78, 5) is 10.7. The van der Waals surface area contributed by atoms with E-state index in [0.717, 1.165) is 6.07 Å². The van der Waals surface area contributed by atoms with E-state index in [1.54, 1.807) is 42.5 Å². The zero-order valence-corrected chi connectivity index (χ0v) is 17.0. The standard InChI is InChI=1S/C21H19N3O6S/c25-24(26)19-12-17(31(27,28)23-15-6-2-1-3-7-15)10-11-18(19)22-13-16-14-29-20-8-4-5-9-21(20)30-16/h1-12,16,22-23H,13-14H2/t16-/m0/s1. The lowest BCUT2D eigenvalue weighted by atomic mass is 10.2. The van der Waals surface area contributed by atoms with Gasteiger partial charge in [0.1, 0.15) is 18.4 Å². The van der Waals surface area contributed by atoms with E-state index in [0.29, 0.717) is 17.2 Å². The molecule has 3 aromatic carbocycles. The molecule has 1 atom stereocenters. The van der Waals surface area contributed by atoms with Crippen LogP contribution in [0.2, 0.25) is 0 Å². The van der Waals surface area contributed by atoms with E-state index in [4.69, 9.17) is 9.47 Å². The van der Waals surface area contributed by atoms with Crippen molar-refractivity contribution in [2.75, 3.05) is 23.2 Å². The number of anilines is 2. The Morgan fingerprint density at radius 3 is 2.45 bits per heavy atom. The normalized spacial score (nSPS) is 15.2. The molecule has 2 N–H and O–H groups in total. The van der Waals surface area contributed by atoms with Crippen LogP contribution >= 0.6 is 0 Å². The maximum absolute atomic E-state index is 12.6. The van der Waals surface area contributed by atoms with Crippen LogP contribution in [0.4, 0.5) is 17.1 Å². The van der Waals surface area contributed by atoms with Crippen LogP contribution in [0.15, 0.2) is 77.7 Å². The number of ether oxygens (including phenoxy) is 2. The van der Waals surface area contributed by atoms with Gasteiger partial charge in [0.15, 0.2) is 11.5 Å². The monoisotopic (exact) mass is 441 g/mol. The first-order chi connectivity index (χ1) is 14.9. The van der Waals surface area contributed by atoms with E-state index >= 15 is 0 Å². The van der Waals surface area contributed by atoms with Gasteiger partial charge in [-0.15, -0.1) is 0 Å². The fraction of sp³-hybridized carbons (Fsp3) is 0.143. The second-order valence-corrected chi connectivity index (χ2v) is 8.47. The molecule has 160 valence electrons. The summed E-state index contributed by atoms with van der Waals surface area (Å²) in [6, 6.07) is 19.3. The summed E-state index contributed by atoms with van der Waals surface area (Å²) in [5.74, 6) is 1.24. The number of hydrogen-bond acceptors (Lipinski definition) is 7. The largest absolute Gasteiger partial charge is 0.486 e. The molecule has 1 aliphatic heterocycles. The fourth-order valence-electron chi connectivity index (χ4n) is 3.09. The third kappa shape index (κ3) is 4.69. The third-order valence-electron chi connectivity index (χ3n) is 4.59. The predicted octanol–water partition coefficient (Wildman–Crippen LogP) is 3.65. The predicted molar refractivity (Wildman–Crippen MR) is 115 cm³/mol. The lowest BCUT2D eigenvalue weighted by molar-refractivity contribution is -0.384. The van der Waals surface area contributed by atoms with E-state index in [-0.39, 0.29) is 35.5 Å². The summed E-state index contributed by atoms with van der Waals surface area (Å²) < 4.78 is 39.1. The smallest absolute Gasteiger partial charge is 0.293 e. The minimum atomic E-state index is -3.98. The number of para-hydroxylation sites is 3. The highest BCUT2D eigenvalue weighted by Gasteiger charge is 2.24. The van der Waals surface area contributed by atoms with E-state index < -0.39 is 14.9 Å². The van der Waals surface area contributed by atoms with Crippen LogP contribution in [-0.4, -0.2) is 32.6 Å². The van der Waals surface area contributed by atoms with Crippen molar-refractivity contribution in [3.8, 4) is 11.5 Å². The Bertz CT molecular complexity index is 1200. The quantitative estimate of drug-likeness (QED) is 0.424. The summed E-state index contributed by atoms with van der Waals surface area (Å²) in [5.41, 5.74) is 0.196. The Kier molecular flexibility index (Phi) is 5.63. The van der Waals surface area contributed by atoms with Gasteiger partial charge in [0.05, 0.1) is 16.4 Å². The summed E-state index contributed by atoms with van der Waals surface area (Å²) in [6.07, 6.45) is -0.363. The van der Waals surface area contributed by atoms with Crippen LogP contribution in [0.25, 0.3) is 0 Å². The molecule has 0 aromatic heterocycles. The molecule has 4 rings (SSSR count). The number of fused-ring (bicyclic) bond motifs is 1. The molecule has 0 radical (unpaired) electrons. The molecule has 0 saturated heterocycles. The van der Waals surface area contributed by atoms with Crippen molar-refractivity contribution in [3.63, 3.8) is 0 Å². The number of sulfonamides is 1. The molecule has 0 aliphatic carbocycles. The molecule has 1 heterocycles. The van der Waals surface area contributed by atoms with Crippen LogP contribution in [0, 0.1) is 10.1 Å². The Hall–Kier alpha value is -3.79. The maximum atomic E-state index is 12.6. The maximum Gasteiger partial charge on any atom is 0.293 e. The van der Waals surface area contributed by atoms with Crippen LogP contribution in [0.1, 0.15) is 0 Å². The lowest BCUT2D eigenvalue weighted by Gasteiger charge is -2.26. The van der Waals surface area contributed by atoms with Crippen molar-refractivity contribution in [2.45, 2.75) is 11.0 Å². The van der Waals surface area contributed by atoms with Gasteiger partial charge in [-0.1, -0.05) is 30.3 Å². The number of nitrogens with zero attached hydrogens (tertiary/aromatic N) is 1. The van der Waals surface area contributed by atoms with Crippen molar-refractivity contribution in [3.05, 3.63) is 82.9 Å². The zero-order valence-electron chi connectivity index (χ0n) is 16.2. The Balaban J connectivity index is 1.50. The van der Waals surface area contributed by atoms with Gasteiger partial charge < -0.3 is 14.8 Å². The van der Waals surface area contributed by atoms with Gasteiger partial charge >= 0.3 is 0 Å². The molecule has 9 nitrogen and oxygen atoms in total. The minimum absolute atomic E-state index is 0.186. The van der Waals surface area contributed by atoms with Gasteiger partial charge in [0, 0.05) is 11.8 Å². The van der Waals surface area contributed by atoms with E-state index in [9.17, 15) is 18.5 Å². The highest BCUT2D eigenvalue weighted by atomic mass is 32.2. The third-order valence-corrected chi connectivity index (χ3v) is 5.97. The van der Waals surface area contributed by atoms with Crippen molar-refractivity contribution in [1.29, 1.82) is 0 Å². The summed E-state index contributed by atoms with van der Waals surface area (Å²) in [7, 11) is -3.98. The van der Waals surface area contributed by atoms with Crippen molar-refractivity contribution >= 4 is 27.1 Å². The van der Waals surface area contributed by atoms with E-state index in [1.165, 1.54) is 12.1 Å². The highest BCUT2D eigenvalue weighted by molar-refractivity contribution is 7.92. The summed E-state index contributed by atoms with van der Waals surface area (Å²) in [6.45, 7) is 0.523. The fourth-order valence-corrected chi connectivity index (χ4v) is 4.17. The SMILES string of the molecule is O=[N+]([O-])c1cc(S(=O)(=O)Nc2ccccc2)ccc1NC[C@H]1COc2ccccc2O1. The first-order valence-electron chi connectivity index (χ1n) is 9.41. The van der Waals surface area contributed by atoms with Crippen LogP contribution in [0.5, 0.6) is 11.5 Å². The minimum Gasteiger partial charge on any atom is -0.486 e. The van der Waals surface area contributed by atoms with Crippen molar-refractivity contribution in [2.24, 2.45) is 0 Å². The van der Waals surface area contributed by atoms with Gasteiger partial charge in [0.2, 0.25) is 0 Å². The number of rotatable bonds is 7. The Labute approximate surface area is 178 Å². The molecule has 31 heavy (non-hydrogen) atoms. The van der Waals surface area contributed by atoms with E-state index in [1.807, 2.05) is 12.1 Å². The number of nitro groups is 1. The summed E-state index contributed by atoms with van der Waals surface area (Å²) >= 11 is 0. The molecule has 0 spiro atoms. The van der Waals surface area contributed by atoms with Gasteiger partial charge in [-0.2, -0.15) is 0 Å².